The van der Waals surface area contributed by atoms with Crippen molar-refractivity contribution in [3.05, 3.63) is 36.1 Å². The van der Waals surface area contributed by atoms with E-state index in [4.69, 9.17) is 16.9 Å². The van der Waals surface area contributed by atoms with Crippen LogP contribution >= 0.6 is 11.6 Å². The molecule has 0 fully saturated rings. The third kappa shape index (κ3) is 2.61. The summed E-state index contributed by atoms with van der Waals surface area (Å²) in [7, 11) is 0. The van der Waals surface area contributed by atoms with Crippen molar-refractivity contribution in [3.8, 4) is 6.07 Å². The van der Waals surface area contributed by atoms with Crippen LogP contribution in [0.2, 0.25) is 5.28 Å². The Morgan fingerprint density at radius 1 is 1.41 bits per heavy atom. The van der Waals surface area contributed by atoms with Crippen molar-refractivity contribution in [1.29, 1.82) is 5.26 Å². The predicted molar refractivity (Wildman–Crippen MR) is 83.0 cm³/mol. The fraction of sp³-hybridized carbons (Fsp3) is 0.286. The van der Waals surface area contributed by atoms with Gasteiger partial charge in [-0.25, -0.2) is 9.50 Å². The third-order valence-electron chi connectivity index (χ3n) is 3.61. The van der Waals surface area contributed by atoms with Crippen molar-refractivity contribution in [2.24, 2.45) is 5.92 Å². The second kappa shape index (κ2) is 5.66. The van der Waals surface area contributed by atoms with Gasteiger partial charge in [0.05, 0.1) is 18.3 Å². The van der Waals surface area contributed by atoms with Crippen LogP contribution in [-0.2, 0) is 0 Å². The molecule has 3 rings (SSSR count). The minimum absolute atomic E-state index is 0.0374. The van der Waals surface area contributed by atoms with Gasteiger partial charge in [0, 0.05) is 18.4 Å². The smallest absolute Gasteiger partial charge is 0.243 e. The average molecular weight is 316 g/mol. The van der Waals surface area contributed by atoms with Crippen LogP contribution in [0.25, 0.3) is 5.52 Å². The van der Waals surface area contributed by atoms with Crippen LogP contribution in [0, 0.1) is 17.2 Å². The van der Waals surface area contributed by atoms with Gasteiger partial charge in [0.15, 0.2) is 5.82 Å². The molecule has 3 heterocycles. The van der Waals surface area contributed by atoms with Gasteiger partial charge in [0.1, 0.15) is 11.3 Å². The molecule has 0 saturated heterocycles. The van der Waals surface area contributed by atoms with Gasteiger partial charge in [-0.3, -0.25) is 0 Å². The largest absolute Gasteiger partial charge is 0.331 e. The number of halogens is 1. The molecule has 0 amide bonds. The van der Waals surface area contributed by atoms with Crippen LogP contribution in [0.5, 0.6) is 0 Å². The summed E-state index contributed by atoms with van der Waals surface area (Å²) >= 11 is 5.92. The first-order valence-electron chi connectivity index (χ1n) is 6.79. The number of hydrogen-bond donors (Lipinski definition) is 1. The monoisotopic (exact) mass is 315 g/mol. The number of aromatic nitrogens is 5. The summed E-state index contributed by atoms with van der Waals surface area (Å²) in [5.41, 5.74) is 0.803. The van der Waals surface area contributed by atoms with Gasteiger partial charge in [-0.05, 0) is 37.6 Å². The van der Waals surface area contributed by atoms with Crippen molar-refractivity contribution in [3.63, 3.8) is 0 Å². The molecular formula is C14H14ClN7. The Balaban J connectivity index is 1.89. The summed E-state index contributed by atoms with van der Waals surface area (Å²) < 4.78 is 3.55. The van der Waals surface area contributed by atoms with Crippen molar-refractivity contribution >= 4 is 28.8 Å². The first-order valence-corrected chi connectivity index (χ1v) is 7.17. The van der Waals surface area contributed by atoms with Crippen LogP contribution < -0.4 is 5.32 Å². The zero-order valence-corrected chi connectivity index (χ0v) is 12.9. The van der Waals surface area contributed by atoms with Gasteiger partial charge in [-0.1, -0.05) is 0 Å². The maximum absolute atomic E-state index is 9.00. The number of anilines is 2. The SMILES string of the molecule is CC([C@@H](C)C#N)n1cnc(Nc2nc(Cl)nn3cccc23)c1. The predicted octanol–water partition coefficient (Wildman–Crippen LogP) is 3.04. The number of fused-ring (bicyclic) bond motifs is 1. The van der Waals surface area contributed by atoms with E-state index in [9.17, 15) is 0 Å². The van der Waals surface area contributed by atoms with E-state index in [1.807, 2.05) is 36.7 Å². The second-order valence-corrected chi connectivity index (χ2v) is 5.40. The summed E-state index contributed by atoms with van der Waals surface area (Å²) in [6.07, 6.45) is 5.33. The number of rotatable bonds is 4. The molecule has 7 nitrogen and oxygen atoms in total. The Kier molecular flexibility index (Phi) is 3.69. The Labute approximate surface area is 132 Å². The maximum atomic E-state index is 9.00. The molecule has 22 heavy (non-hydrogen) atoms. The quantitative estimate of drug-likeness (QED) is 0.800. The van der Waals surface area contributed by atoms with Crippen LogP contribution in [-0.4, -0.2) is 24.1 Å². The van der Waals surface area contributed by atoms with E-state index in [1.165, 1.54) is 0 Å². The standard InChI is InChI=1S/C14H14ClN7/c1-9(6-16)10(2)21-7-12(17-8-21)18-13-11-4-3-5-22(11)20-14(15)19-13/h3-5,7-10H,1-2H3,(H,18,19,20)/t9-,10?/m0/s1. The molecule has 0 spiro atoms. The van der Waals surface area contributed by atoms with Gasteiger partial charge in [-0.2, -0.15) is 10.2 Å². The third-order valence-corrected chi connectivity index (χ3v) is 3.77. The number of nitrogens with one attached hydrogen (secondary N) is 1. The molecule has 3 aromatic rings. The highest BCUT2D eigenvalue weighted by Gasteiger charge is 2.14. The fourth-order valence-electron chi connectivity index (χ4n) is 2.11. The number of nitriles is 1. The number of nitrogens with zero attached hydrogens (tertiary/aromatic N) is 6. The second-order valence-electron chi connectivity index (χ2n) is 5.06. The van der Waals surface area contributed by atoms with Crippen LogP contribution in [0.3, 0.4) is 0 Å². The summed E-state index contributed by atoms with van der Waals surface area (Å²) in [6.45, 7) is 3.86. The van der Waals surface area contributed by atoms with Gasteiger partial charge >= 0.3 is 0 Å². The zero-order chi connectivity index (χ0) is 15.7. The van der Waals surface area contributed by atoms with Crippen LogP contribution in [0.4, 0.5) is 11.6 Å². The molecule has 0 aliphatic heterocycles. The Morgan fingerprint density at radius 2 is 2.23 bits per heavy atom. The Hall–Kier alpha value is -2.59. The van der Waals surface area contributed by atoms with Gasteiger partial charge in [0.2, 0.25) is 5.28 Å². The van der Waals surface area contributed by atoms with Gasteiger partial charge in [0.25, 0.3) is 0 Å². The first kappa shape index (κ1) is 14.4. The normalized spacial score (nSPS) is 13.7. The molecule has 112 valence electrons. The Bertz CT molecular complexity index is 844. The molecule has 0 bridgehead atoms. The summed E-state index contributed by atoms with van der Waals surface area (Å²) in [6, 6.07) is 6.02. The molecule has 3 aromatic heterocycles. The van der Waals surface area contributed by atoms with E-state index in [-0.39, 0.29) is 17.2 Å². The lowest BCUT2D eigenvalue weighted by molar-refractivity contribution is 0.451. The number of imidazole rings is 1. The lowest BCUT2D eigenvalue weighted by Crippen LogP contribution is -2.10. The molecule has 0 aliphatic carbocycles. The molecule has 1 N–H and O–H groups in total. The lowest BCUT2D eigenvalue weighted by Gasteiger charge is -2.14. The van der Waals surface area contributed by atoms with Crippen LogP contribution in [0.15, 0.2) is 30.9 Å². The fourth-order valence-corrected chi connectivity index (χ4v) is 2.28. The molecule has 0 aliphatic rings. The van der Waals surface area contributed by atoms with E-state index in [2.05, 4.69) is 26.5 Å². The average Bonchev–Trinajstić information content (AvgIpc) is 3.14. The van der Waals surface area contributed by atoms with E-state index < -0.39 is 0 Å². The van der Waals surface area contributed by atoms with E-state index in [0.717, 1.165) is 5.52 Å². The maximum Gasteiger partial charge on any atom is 0.243 e. The number of hydrogen-bond acceptors (Lipinski definition) is 5. The zero-order valence-electron chi connectivity index (χ0n) is 12.1. The van der Waals surface area contributed by atoms with E-state index in [0.29, 0.717) is 11.6 Å². The highest BCUT2D eigenvalue weighted by Crippen LogP contribution is 2.22. The molecule has 2 atom stereocenters. The van der Waals surface area contributed by atoms with E-state index >= 15 is 0 Å². The summed E-state index contributed by atoms with van der Waals surface area (Å²) in [5, 5.41) is 16.4. The minimum atomic E-state index is -0.104. The van der Waals surface area contributed by atoms with Crippen molar-refractivity contribution in [2.45, 2.75) is 19.9 Å². The van der Waals surface area contributed by atoms with Crippen LogP contribution in [0.1, 0.15) is 19.9 Å². The van der Waals surface area contributed by atoms with Crippen molar-refractivity contribution in [1.82, 2.24) is 24.1 Å². The highest BCUT2D eigenvalue weighted by molar-refractivity contribution is 6.28. The minimum Gasteiger partial charge on any atom is -0.331 e. The van der Waals surface area contributed by atoms with Crippen molar-refractivity contribution in [2.75, 3.05) is 5.32 Å². The van der Waals surface area contributed by atoms with Gasteiger partial charge < -0.3 is 9.88 Å². The van der Waals surface area contributed by atoms with Crippen molar-refractivity contribution < 1.29 is 0 Å². The molecule has 1 unspecified atom stereocenters. The molecule has 0 aromatic carbocycles. The Morgan fingerprint density at radius 3 is 3.00 bits per heavy atom. The molecular weight excluding hydrogens is 302 g/mol. The topological polar surface area (TPSA) is 83.8 Å². The first-order chi connectivity index (χ1) is 10.6. The highest BCUT2D eigenvalue weighted by atomic mass is 35.5. The summed E-state index contributed by atoms with van der Waals surface area (Å²) in [4.78, 5) is 8.49. The van der Waals surface area contributed by atoms with Gasteiger partial charge in [-0.15, -0.1) is 5.10 Å². The molecule has 0 saturated carbocycles. The molecule has 8 heteroatoms. The lowest BCUT2D eigenvalue weighted by atomic mass is 10.1. The van der Waals surface area contributed by atoms with E-state index in [1.54, 1.807) is 17.0 Å². The molecule has 0 radical (unpaired) electrons. The summed E-state index contributed by atoms with van der Waals surface area (Å²) in [5.74, 6) is 1.11.